The molecule has 0 spiro atoms. The van der Waals surface area contributed by atoms with Crippen LogP contribution in [0.15, 0.2) is 78.9 Å². The van der Waals surface area contributed by atoms with E-state index in [4.69, 9.17) is 11.6 Å². The number of hydrogen-bond acceptors (Lipinski definition) is 4. The summed E-state index contributed by atoms with van der Waals surface area (Å²) in [6.07, 6.45) is 1.81. The van der Waals surface area contributed by atoms with Gasteiger partial charge in [-0.05, 0) is 69.0 Å². The van der Waals surface area contributed by atoms with E-state index in [1.807, 2.05) is 82.3 Å². The Morgan fingerprint density at radius 2 is 1.61 bits per heavy atom. The van der Waals surface area contributed by atoms with Crippen LogP contribution in [-0.2, 0) is 32.6 Å². The van der Waals surface area contributed by atoms with E-state index >= 15 is 0 Å². The van der Waals surface area contributed by atoms with E-state index in [-0.39, 0.29) is 37.7 Å². The molecule has 0 fully saturated rings. The van der Waals surface area contributed by atoms with Gasteiger partial charge in [-0.3, -0.25) is 13.9 Å². The van der Waals surface area contributed by atoms with Crippen molar-refractivity contribution in [1.82, 2.24) is 10.2 Å². The smallest absolute Gasteiger partial charge is 0.243 e. The average Bonchev–Trinajstić information content (AvgIpc) is 2.88. The number of carbonyl (C=O) groups is 2. The standard InChI is InChI=1S/C32H40ClN3O4S/c1-24-13-9-10-16-26(24)23-35(29(31(38)34-32(2,3)4)21-25-14-7-6-8-15-25)30(37)19-12-20-36(41(5,39)40)28-18-11-17-27(33)22-28/h6-11,13-18,22,29H,12,19-21,23H2,1-5H3,(H,34,38)/t29-/m1/s1. The van der Waals surface area contributed by atoms with E-state index in [0.29, 0.717) is 17.1 Å². The van der Waals surface area contributed by atoms with Crippen molar-refractivity contribution >= 4 is 39.1 Å². The summed E-state index contributed by atoms with van der Waals surface area (Å²) in [4.78, 5) is 29.3. The number of anilines is 1. The van der Waals surface area contributed by atoms with Crippen molar-refractivity contribution in [2.24, 2.45) is 0 Å². The highest BCUT2D eigenvalue weighted by atomic mass is 35.5. The Morgan fingerprint density at radius 3 is 2.22 bits per heavy atom. The number of amides is 2. The van der Waals surface area contributed by atoms with Gasteiger partial charge in [-0.2, -0.15) is 0 Å². The monoisotopic (exact) mass is 597 g/mol. The van der Waals surface area contributed by atoms with Gasteiger partial charge in [0.25, 0.3) is 0 Å². The number of sulfonamides is 1. The Balaban J connectivity index is 1.91. The molecule has 7 nitrogen and oxygen atoms in total. The number of nitrogens with one attached hydrogen (secondary N) is 1. The topological polar surface area (TPSA) is 86.8 Å². The molecular formula is C32H40ClN3O4S. The molecule has 3 aromatic carbocycles. The predicted octanol–water partition coefficient (Wildman–Crippen LogP) is 5.75. The minimum absolute atomic E-state index is 0.0621. The van der Waals surface area contributed by atoms with E-state index in [2.05, 4.69) is 5.32 Å². The number of hydrogen-bond donors (Lipinski definition) is 1. The van der Waals surface area contributed by atoms with Crippen LogP contribution in [0.3, 0.4) is 0 Å². The van der Waals surface area contributed by atoms with Gasteiger partial charge in [-0.25, -0.2) is 8.42 Å². The van der Waals surface area contributed by atoms with Gasteiger partial charge in [0.2, 0.25) is 21.8 Å². The van der Waals surface area contributed by atoms with Crippen LogP contribution in [-0.4, -0.2) is 49.5 Å². The lowest BCUT2D eigenvalue weighted by atomic mass is 9.99. The molecule has 0 aliphatic heterocycles. The molecule has 0 aromatic heterocycles. The lowest BCUT2D eigenvalue weighted by Gasteiger charge is -2.34. The highest BCUT2D eigenvalue weighted by Crippen LogP contribution is 2.23. The summed E-state index contributed by atoms with van der Waals surface area (Å²) in [5.41, 5.74) is 2.85. The lowest BCUT2D eigenvalue weighted by molar-refractivity contribution is -0.142. The Labute approximate surface area is 249 Å². The van der Waals surface area contributed by atoms with Gasteiger partial charge in [0.1, 0.15) is 6.04 Å². The molecule has 41 heavy (non-hydrogen) atoms. The fraction of sp³-hybridized carbons (Fsp3) is 0.375. The first-order valence-corrected chi connectivity index (χ1v) is 15.9. The van der Waals surface area contributed by atoms with Gasteiger partial charge >= 0.3 is 0 Å². The number of halogens is 1. The van der Waals surface area contributed by atoms with E-state index in [0.717, 1.165) is 22.9 Å². The summed E-state index contributed by atoms with van der Waals surface area (Å²) in [5.74, 6) is -0.460. The van der Waals surface area contributed by atoms with Crippen molar-refractivity contribution < 1.29 is 18.0 Å². The van der Waals surface area contributed by atoms with E-state index in [1.54, 1.807) is 29.2 Å². The van der Waals surface area contributed by atoms with Crippen molar-refractivity contribution in [2.75, 3.05) is 17.1 Å². The molecule has 3 aromatic rings. The first-order valence-electron chi connectivity index (χ1n) is 13.7. The molecule has 0 aliphatic rings. The normalized spacial score (nSPS) is 12.4. The fourth-order valence-electron chi connectivity index (χ4n) is 4.61. The maximum atomic E-state index is 13.9. The number of nitrogens with zero attached hydrogens (tertiary/aromatic N) is 2. The molecule has 9 heteroatoms. The molecule has 0 saturated carbocycles. The van der Waals surface area contributed by atoms with Crippen LogP contribution in [0.5, 0.6) is 0 Å². The number of benzene rings is 3. The fourth-order valence-corrected chi connectivity index (χ4v) is 5.75. The zero-order valence-corrected chi connectivity index (χ0v) is 26.0. The molecule has 0 saturated heterocycles. The van der Waals surface area contributed by atoms with Crippen molar-refractivity contribution in [3.8, 4) is 0 Å². The molecule has 0 radical (unpaired) electrons. The number of rotatable bonds is 12. The molecule has 0 bridgehead atoms. The Hall–Kier alpha value is -3.36. The first kappa shape index (κ1) is 32.2. The second-order valence-corrected chi connectivity index (χ2v) is 13.7. The largest absolute Gasteiger partial charge is 0.350 e. The van der Waals surface area contributed by atoms with Crippen LogP contribution >= 0.6 is 11.6 Å². The lowest BCUT2D eigenvalue weighted by Crippen LogP contribution is -2.54. The maximum Gasteiger partial charge on any atom is 0.243 e. The molecule has 1 N–H and O–H groups in total. The van der Waals surface area contributed by atoms with E-state index in [9.17, 15) is 18.0 Å². The first-order chi connectivity index (χ1) is 19.2. The summed E-state index contributed by atoms with van der Waals surface area (Å²) in [6.45, 7) is 8.06. The average molecular weight is 598 g/mol. The van der Waals surface area contributed by atoms with Gasteiger partial charge < -0.3 is 10.2 Å². The molecule has 220 valence electrons. The highest BCUT2D eigenvalue weighted by Gasteiger charge is 2.32. The maximum absolute atomic E-state index is 13.9. The van der Waals surface area contributed by atoms with E-state index < -0.39 is 21.6 Å². The molecule has 3 rings (SSSR count). The quantitative estimate of drug-likeness (QED) is 0.288. The van der Waals surface area contributed by atoms with Crippen molar-refractivity contribution in [2.45, 2.75) is 65.1 Å². The summed E-state index contributed by atoms with van der Waals surface area (Å²) < 4.78 is 26.5. The Bertz CT molecular complexity index is 1440. The molecular weight excluding hydrogens is 558 g/mol. The van der Waals surface area contributed by atoms with E-state index in [1.165, 1.54) is 4.31 Å². The van der Waals surface area contributed by atoms with Crippen LogP contribution in [0, 0.1) is 6.92 Å². The summed E-state index contributed by atoms with van der Waals surface area (Å²) >= 11 is 6.11. The van der Waals surface area contributed by atoms with Crippen molar-refractivity contribution in [1.29, 1.82) is 0 Å². The summed E-state index contributed by atoms with van der Waals surface area (Å²) in [7, 11) is -3.61. The van der Waals surface area contributed by atoms with Crippen LogP contribution in [0.25, 0.3) is 0 Å². The van der Waals surface area contributed by atoms with Crippen molar-refractivity contribution in [3.63, 3.8) is 0 Å². The van der Waals surface area contributed by atoms with Gasteiger partial charge in [-0.1, -0.05) is 72.3 Å². The molecule has 0 unspecified atom stereocenters. The Morgan fingerprint density at radius 1 is 0.951 bits per heavy atom. The summed E-state index contributed by atoms with van der Waals surface area (Å²) in [5, 5.41) is 3.48. The minimum atomic E-state index is -3.61. The van der Waals surface area contributed by atoms with Gasteiger partial charge in [0, 0.05) is 36.5 Å². The van der Waals surface area contributed by atoms with Crippen LogP contribution in [0.2, 0.25) is 5.02 Å². The molecule has 2 amide bonds. The van der Waals surface area contributed by atoms with Crippen LogP contribution < -0.4 is 9.62 Å². The van der Waals surface area contributed by atoms with Crippen LogP contribution in [0.1, 0.15) is 50.3 Å². The second kappa shape index (κ2) is 14.0. The minimum Gasteiger partial charge on any atom is -0.350 e. The number of carbonyl (C=O) groups excluding carboxylic acids is 2. The third kappa shape index (κ3) is 9.90. The third-order valence-corrected chi connectivity index (χ3v) is 8.05. The van der Waals surface area contributed by atoms with Gasteiger partial charge in [0.15, 0.2) is 0 Å². The molecule has 1 atom stereocenters. The Kier molecular flexibility index (Phi) is 11.0. The zero-order valence-electron chi connectivity index (χ0n) is 24.4. The van der Waals surface area contributed by atoms with Gasteiger partial charge in [0.05, 0.1) is 11.9 Å². The zero-order chi connectivity index (χ0) is 30.2. The predicted molar refractivity (Wildman–Crippen MR) is 166 cm³/mol. The van der Waals surface area contributed by atoms with Crippen LogP contribution in [0.4, 0.5) is 5.69 Å². The SMILES string of the molecule is Cc1ccccc1CN(C(=O)CCCN(c1cccc(Cl)c1)S(C)(=O)=O)[C@H](Cc1ccccc1)C(=O)NC(C)(C)C. The third-order valence-electron chi connectivity index (χ3n) is 6.62. The summed E-state index contributed by atoms with van der Waals surface area (Å²) in [6, 6.07) is 23.3. The highest BCUT2D eigenvalue weighted by molar-refractivity contribution is 7.92. The number of aryl methyl sites for hydroxylation is 1. The van der Waals surface area contributed by atoms with Crippen molar-refractivity contribution in [3.05, 3.63) is 101 Å². The van der Waals surface area contributed by atoms with Gasteiger partial charge in [-0.15, -0.1) is 0 Å². The molecule has 0 heterocycles. The second-order valence-electron chi connectivity index (χ2n) is 11.3. The molecule has 0 aliphatic carbocycles.